The Morgan fingerprint density at radius 3 is 2.94 bits per heavy atom. The van der Waals surface area contributed by atoms with Crippen molar-refractivity contribution in [2.45, 2.75) is 25.2 Å². The number of likely N-dealkylation sites (tertiary alicyclic amines) is 1. The number of piperidine rings is 1. The van der Waals surface area contributed by atoms with Crippen LogP contribution in [0.2, 0.25) is 5.02 Å². The number of anilines is 2. The van der Waals surface area contributed by atoms with Crippen molar-refractivity contribution in [1.29, 1.82) is 5.26 Å². The highest BCUT2D eigenvalue weighted by Gasteiger charge is 2.22. The van der Waals surface area contributed by atoms with Gasteiger partial charge in [-0.2, -0.15) is 5.26 Å². The van der Waals surface area contributed by atoms with Crippen molar-refractivity contribution in [2.24, 2.45) is 0 Å². The molecule has 2 aromatic heterocycles. The first-order valence-corrected chi connectivity index (χ1v) is 13.2. The molecule has 1 saturated heterocycles. The summed E-state index contributed by atoms with van der Waals surface area (Å²) in [6, 6.07) is 15.4. The summed E-state index contributed by atoms with van der Waals surface area (Å²) in [7, 11) is 1.77. The summed E-state index contributed by atoms with van der Waals surface area (Å²) in [6.07, 6.45) is 2.82. The van der Waals surface area contributed by atoms with Crippen molar-refractivity contribution >= 4 is 39.8 Å². The van der Waals surface area contributed by atoms with E-state index in [9.17, 15) is 4.79 Å². The van der Waals surface area contributed by atoms with E-state index in [1.807, 2.05) is 30.3 Å². The number of nitrogens with zero attached hydrogens (tertiary/aromatic N) is 5. The van der Waals surface area contributed by atoms with Crippen LogP contribution in [-0.4, -0.2) is 65.5 Å². The predicted molar refractivity (Wildman–Crippen MR) is 142 cm³/mol. The summed E-state index contributed by atoms with van der Waals surface area (Å²) in [5, 5.41) is 15.3. The molecular weight excluding hydrogens is 496 g/mol. The van der Waals surface area contributed by atoms with Crippen molar-refractivity contribution in [3.63, 3.8) is 0 Å². The molecule has 8 nitrogen and oxygen atoms in total. The first-order chi connectivity index (χ1) is 17.5. The molecule has 3 aromatic rings. The number of rotatable bonds is 10. The van der Waals surface area contributed by atoms with Gasteiger partial charge in [0.2, 0.25) is 0 Å². The van der Waals surface area contributed by atoms with E-state index in [0.29, 0.717) is 53.7 Å². The van der Waals surface area contributed by atoms with Crippen LogP contribution in [0.1, 0.15) is 41.4 Å². The lowest BCUT2D eigenvalue weighted by Crippen LogP contribution is -2.34. The number of nitrogens with one attached hydrogen (secondary N) is 1. The van der Waals surface area contributed by atoms with Crippen LogP contribution < -0.4 is 10.1 Å². The summed E-state index contributed by atoms with van der Waals surface area (Å²) < 4.78 is 5.69. The van der Waals surface area contributed by atoms with Crippen LogP contribution in [0.15, 0.2) is 47.8 Å². The molecule has 1 aliphatic heterocycles. The molecule has 0 bridgehead atoms. The van der Waals surface area contributed by atoms with Gasteiger partial charge in [0.25, 0.3) is 5.91 Å². The van der Waals surface area contributed by atoms with E-state index in [2.05, 4.69) is 21.3 Å². The fraction of sp³-hybridized carbons (Fsp3) is 0.385. The van der Waals surface area contributed by atoms with Crippen LogP contribution >= 0.6 is 22.9 Å². The first kappa shape index (κ1) is 25.9. The van der Waals surface area contributed by atoms with E-state index < -0.39 is 0 Å². The summed E-state index contributed by atoms with van der Waals surface area (Å²) in [5.41, 5.74) is 1.41. The summed E-state index contributed by atoms with van der Waals surface area (Å²) in [5.74, 6) is 1.63. The molecule has 0 radical (unpaired) electrons. The van der Waals surface area contributed by atoms with Crippen LogP contribution in [-0.2, 0) is 0 Å². The Kier molecular flexibility index (Phi) is 9.11. The number of ether oxygens (including phenoxy) is 1. The minimum Gasteiger partial charge on any atom is -0.494 e. The minimum atomic E-state index is -0.132. The number of hydrogen-bond acceptors (Lipinski definition) is 8. The zero-order valence-corrected chi connectivity index (χ0v) is 21.8. The first-order valence-electron chi connectivity index (χ1n) is 11.9. The van der Waals surface area contributed by atoms with E-state index >= 15 is 0 Å². The largest absolute Gasteiger partial charge is 0.494 e. The molecule has 1 amide bonds. The molecule has 1 fully saturated rings. The Balaban J connectivity index is 1.27. The Morgan fingerprint density at radius 2 is 2.14 bits per heavy atom. The molecule has 1 aliphatic rings. The van der Waals surface area contributed by atoms with Crippen molar-refractivity contribution in [2.75, 3.05) is 45.2 Å². The maximum atomic E-state index is 12.8. The second-order valence-corrected chi connectivity index (χ2v) is 10.0. The molecule has 188 valence electrons. The molecule has 3 heterocycles. The number of benzene rings is 1. The molecule has 0 unspecified atom stereocenters. The smallest absolute Gasteiger partial charge is 0.273 e. The van der Waals surface area contributed by atoms with Crippen LogP contribution in [0.4, 0.5) is 10.9 Å². The van der Waals surface area contributed by atoms with Gasteiger partial charge >= 0.3 is 0 Å². The van der Waals surface area contributed by atoms with E-state index in [1.165, 1.54) is 11.3 Å². The normalized spacial score (nSPS) is 15.8. The Hall–Kier alpha value is -3.19. The number of pyridine rings is 1. The highest BCUT2D eigenvalue weighted by molar-refractivity contribution is 7.14. The maximum Gasteiger partial charge on any atom is 0.273 e. The number of halogens is 1. The second-order valence-electron chi connectivity index (χ2n) is 8.73. The number of amides is 1. The van der Waals surface area contributed by atoms with Gasteiger partial charge in [-0.1, -0.05) is 17.7 Å². The molecule has 1 aromatic carbocycles. The van der Waals surface area contributed by atoms with Crippen molar-refractivity contribution < 1.29 is 9.53 Å². The highest BCUT2D eigenvalue weighted by Crippen LogP contribution is 2.27. The van der Waals surface area contributed by atoms with Gasteiger partial charge in [0.15, 0.2) is 5.13 Å². The van der Waals surface area contributed by atoms with Crippen molar-refractivity contribution in [3.8, 4) is 11.8 Å². The molecule has 4 rings (SSSR count). The van der Waals surface area contributed by atoms with Gasteiger partial charge in [0.1, 0.15) is 17.3 Å². The van der Waals surface area contributed by atoms with E-state index in [1.54, 1.807) is 29.5 Å². The van der Waals surface area contributed by atoms with E-state index in [-0.39, 0.29) is 5.91 Å². The Morgan fingerprint density at radius 1 is 1.31 bits per heavy atom. The summed E-state index contributed by atoms with van der Waals surface area (Å²) >= 11 is 7.26. The number of carbonyl (C=O) groups excluding carboxylic acids is 1. The minimum absolute atomic E-state index is 0.132. The van der Waals surface area contributed by atoms with Crippen LogP contribution in [0.5, 0.6) is 5.75 Å². The fourth-order valence-electron chi connectivity index (χ4n) is 4.15. The van der Waals surface area contributed by atoms with E-state index in [0.717, 1.165) is 37.4 Å². The average Bonchev–Trinajstić information content (AvgIpc) is 3.36. The number of carbonyl (C=O) groups is 1. The lowest BCUT2D eigenvalue weighted by molar-refractivity contribution is 0.0783. The Labute approximate surface area is 220 Å². The van der Waals surface area contributed by atoms with Crippen LogP contribution in [0.25, 0.3) is 0 Å². The maximum absolute atomic E-state index is 12.8. The van der Waals surface area contributed by atoms with Gasteiger partial charge in [0.05, 0.1) is 19.2 Å². The quantitative estimate of drug-likeness (QED) is 0.288. The highest BCUT2D eigenvalue weighted by atomic mass is 35.5. The lowest BCUT2D eigenvalue weighted by Gasteiger charge is -2.30. The zero-order valence-electron chi connectivity index (χ0n) is 20.2. The van der Waals surface area contributed by atoms with Crippen LogP contribution in [0.3, 0.4) is 0 Å². The van der Waals surface area contributed by atoms with Crippen LogP contribution in [0, 0.1) is 11.3 Å². The number of nitriles is 1. The number of hydrogen-bond donors (Lipinski definition) is 1. The molecule has 0 aliphatic carbocycles. The SMILES string of the molecule is CN(CCCOc1ccc(Cl)cc1)C(=O)c1csc(Nc2cccc([C@@H]3CCCN(CC#N)C3)n2)n1. The molecule has 1 N–H and O–H groups in total. The third-order valence-corrected chi connectivity index (χ3v) is 7.02. The second kappa shape index (κ2) is 12.7. The molecule has 36 heavy (non-hydrogen) atoms. The zero-order chi connectivity index (χ0) is 25.3. The number of thiazole rings is 1. The van der Waals surface area contributed by atoms with Crippen molar-refractivity contribution in [1.82, 2.24) is 19.8 Å². The standard InChI is InChI=1S/C26H29ClN6O2S/c1-32(13-4-16-35-21-10-8-20(27)9-11-21)25(34)23-18-36-26(30-23)31-24-7-2-6-22(29-24)19-5-3-14-33(17-19)15-12-28/h2,6-11,18-19H,3-5,13-17H2,1H3,(H,29,30,31)/t19-/m1/s1. The van der Waals surface area contributed by atoms with E-state index in [4.69, 9.17) is 26.6 Å². The predicted octanol–water partition coefficient (Wildman–Crippen LogP) is 5.18. The molecular formula is C26H29ClN6O2S. The van der Waals surface area contributed by atoms with Gasteiger partial charge in [0, 0.05) is 42.2 Å². The average molecular weight is 525 g/mol. The topological polar surface area (TPSA) is 94.4 Å². The fourth-order valence-corrected chi connectivity index (χ4v) is 4.96. The van der Waals surface area contributed by atoms with Gasteiger partial charge in [-0.3, -0.25) is 9.69 Å². The molecule has 0 spiro atoms. The monoisotopic (exact) mass is 524 g/mol. The molecule has 0 saturated carbocycles. The van der Waals surface area contributed by atoms with Gasteiger partial charge in [-0.25, -0.2) is 9.97 Å². The third-order valence-electron chi connectivity index (χ3n) is 6.01. The molecule has 1 atom stereocenters. The number of aromatic nitrogens is 2. The third kappa shape index (κ3) is 7.17. The van der Waals surface area contributed by atoms with Crippen molar-refractivity contribution in [3.05, 3.63) is 64.3 Å². The summed E-state index contributed by atoms with van der Waals surface area (Å²) in [4.78, 5) is 25.9. The van der Waals surface area contributed by atoms with Gasteiger partial charge in [-0.15, -0.1) is 11.3 Å². The lowest BCUT2D eigenvalue weighted by atomic mass is 9.94. The Bertz CT molecular complexity index is 1200. The molecule has 10 heteroatoms. The summed E-state index contributed by atoms with van der Waals surface area (Å²) in [6.45, 7) is 3.31. The van der Waals surface area contributed by atoms with Gasteiger partial charge in [-0.05, 0) is 62.2 Å². The van der Waals surface area contributed by atoms with Gasteiger partial charge < -0.3 is 15.0 Å².